The first-order chi connectivity index (χ1) is 13.6. The molecule has 0 spiro atoms. The largest absolute Gasteiger partial charge is 0.329 e. The van der Waals surface area contributed by atoms with Crippen LogP contribution in [0.3, 0.4) is 0 Å². The van der Waals surface area contributed by atoms with Crippen molar-refractivity contribution in [1.29, 1.82) is 0 Å². The molecule has 1 amide bonds. The second kappa shape index (κ2) is 7.64. The van der Waals surface area contributed by atoms with Crippen LogP contribution >= 0.6 is 0 Å². The molecule has 1 aliphatic heterocycles. The summed E-state index contributed by atoms with van der Waals surface area (Å²) in [7, 11) is 0. The molecule has 0 bridgehead atoms. The number of nitrogens with one attached hydrogen (secondary N) is 1. The van der Waals surface area contributed by atoms with Crippen molar-refractivity contribution in [2.24, 2.45) is 0 Å². The van der Waals surface area contributed by atoms with E-state index in [1.54, 1.807) is 24.3 Å². The zero-order valence-corrected chi connectivity index (χ0v) is 15.6. The van der Waals surface area contributed by atoms with Crippen molar-refractivity contribution >= 4 is 16.8 Å². The predicted molar refractivity (Wildman–Crippen MR) is 104 cm³/mol. The molecule has 1 aromatic heterocycles. The highest BCUT2D eigenvalue weighted by atomic mass is 19.1. The van der Waals surface area contributed by atoms with Gasteiger partial charge >= 0.3 is 0 Å². The number of amides is 1. The van der Waals surface area contributed by atoms with E-state index in [-0.39, 0.29) is 23.6 Å². The Hall–Kier alpha value is -2.86. The highest BCUT2D eigenvalue weighted by molar-refractivity contribution is 5.99. The average Bonchev–Trinajstić information content (AvgIpc) is 2.72. The van der Waals surface area contributed by atoms with Crippen LogP contribution in [0.4, 0.5) is 8.78 Å². The maximum absolute atomic E-state index is 13.5. The van der Waals surface area contributed by atoms with Crippen LogP contribution in [0.2, 0.25) is 0 Å². The number of aryl methyl sites for hydroxylation is 1. The third-order valence-corrected chi connectivity index (χ3v) is 5.18. The van der Waals surface area contributed by atoms with Gasteiger partial charge in [0.05, 0.1) is 22.8 Å². The highest BCUT2D eigenvalue weighted by Crippen LogP contribution is 2.27. The van der Waals surface area contributed by atoms with Crippen molar-refractivity contribution in [3.8, 4) is 0 Å². The van der Waals surface area contributed by atoms with Crippen LogP contribution in [0.15, 0.2) is 48.5 Å². The molecule has 0 radical (unpaired) electrons. The minimum atomic E-state index is -0.348. The third kappa shape index (κ3) is 3.47. The fourth-order valence-electron chi connectivity index (χ4n) is 3.72. The number of nitrogens with zero attached hydrogens (tertiary/aromatic N) is 2. The average molecular weight is 381 g/mol. The van der Waals surface area contributed by atoms with Crippen molar-refractivity contribution < 1.29 is 13.6 Å². The fraction of sp³-hybridized carbons (Fsp3) is 0.273. The summed E-state index contributed by atoms with van der Waals surface area (Å²) in [6.07, 6.45) is 0.570. The Labute approximate surface area is 162 Å². The van der Waals surface area contributed by atoms with E-state index >= 15 is 0 Å². The Bertz CT molecular complexity index is 1020. The van der Waals surface area contributed by atoms with E-state index in [2.05, 4.69) is 10.3 Å². The lowest BCUT2D eigenvalue weighted by Gasteiger charge is -2.37. The highest BCUT2D eigenvalue weighted by Gasteiger charge is 2.30. The summed E-state index contributed by atoms with van der Waals surface area (Å²) in [6, 6.07) is 12.3. The second-order valence-electron chi connectivity index (χ2n) is 6.94. The summed E-state index contributed by atoms with van der Waals surface area (Å²) in [6.45, 7) is 3.77. The van der Waals surface area contributed by atoms with E-state index in [1.165, 1.54) is 24.3 Å². The van der Waals surface area contributed by atoms with Crippen LogP contribution in [-0.2, 0) is 6.42 Å². The lowest BCUT2D eigenvalue weighted by atomic mass is 10.00. The smallest absolute Gasteiger partial charge is 0.256 e. The molecule has 1 saturated heterocycles. The summed E-state index contributed by atoms with van der Waals surface area (Å²) >= 11 is 0. The predicted octanol–water partition coefficient (Wildman–Crippen LogP) is 3.86. The summed E-state index contributed by atoms with van der Waals surface area (Å²) in [5.41, 5.74) is 2.62. The number of rotatable bonds is 3. The Kier molecular flexibility index (Phi) is 5.05. The lowest BCUT2D eigenvalue weighted by molar-refractivity contribution is 0.0633. The van der Waals surface area contributed by atoms with Gasteiger partial charge in [-0.15, -0.1) is 0 Å². The maximum Gasteiger partial charge on any atom is 0.256 e. The zero-order valence-electron chi connectivity index (χ0n) is 15.6. The molecule has 1 atom stereocenters. The van der Waals surface area contributed by atoms with E-state index < -0.39 is 0 Å². The Morgan fingerprint density at radius 2 is 1.89 bits per heavy atom. The monoisotopic (exact) mass is 381 g/mol. The SMILES string of the molecule is CCc1nc2cc(F)ccc2cc1C(=O)N1CCNCC1c1ccc(F)cc1. The van der Waals surface area contributed by atoms with Gasteiger partial charge in [-0.3, -0.25) is 9.78 Å². The molecule has 4 rings (SSSR count). The molecule has 1 unspecified atom stereocenters. The van der Waals surface area contributed by atoms with E-state index in [0.717, 1.165) is 10.9 Å². The molecule has 0 aliphatic carbocycles. The molecule has 0 saturated carbocycles. The first-order valence-corrected chi connectivity index (χ1v) is 9.43. The number of benzene rings is 2. The molecule has 6 heteroatoms. The maximum atomic E-state index is 13.5. The van der Waals surface area contributed by atoms with Gasteiger partial charge in [0.2, 0.25) is 0 Å². The molecule has 2 aromatic carbocycles. The van der Waals surface area contributed by atoms with Gasteiger partial charge in [-0.1, -0.05) is 19.1 Å². The molecule has 3 aromatic rings. The molecule has 4 nitrogen and oxygen atoms in total. The van der Waals surface area contributed by atoms with Crippen molar-refractivity contribution in [2.75, 3.05) is 19.6 Å². The van der Waals surface area contributed by atoms with Gasteiger partial charge in [0.1, 0.15) is 11.6 Å². The van der Waals surface area contributed by atoms with Crippen molar-refractivity contribution in [3.05, 3.63) is 77.0 Å². The Morgan fingerprint density at radius 3 is 2.64 bits per heavy atom. The molecule has 1 aliphatic rings. The Balaban J connectivity index is 1.74. The molecule has 28 heavy (non-hydrogen) atoms. The van der Waals surface area contributed by atoms with Gasteiger partial charge < -0.3 is 10.2 Å². The Morgan fingerprint density at radius 1 is 1.14 bits per heavy atom. The zero-order chi connectivity index (χ0) is 19.7. The van der Waals surface area contributed by atoms with Gasteiger partial charge in [0, 0.05) is 31.1 Å². The van der Waals surface area contributed by atoms with Crippen molar-refractivity contribution in [3.63, 3.8) is 0 Å². The van der Waals surface area contributed by atoms with Crippen molar-refractivity contribution in [2.45, 2.75) is 19.4 Å². The molecular weight excluding hydrogens is 360 g/mol. The number of piperazine rings is 1. The number of halogens is 2. The van der Waals surface area contributed by atoms with Crippen LogP contribution < -0.4 is 5.32 Å². The third-order valence-electron chi connectivity index (χ3n) is 5.18. The van der Waals surface area contributed by atoms with Crippen molar-refractivity contribution in [1.82, 2.24) is 15.2 Å². The first kappa shape index (κ1) is 18.5. The van der Waals surface area contributed by atoms with Crippen LogP contribution in [-0.4, -0.2) is 35.4 Å². The summed E-state index contributed by atoms with van der Waals surface area (Å²) < 4.78 is 26.9. The lowest BCUT2D eigenvalue weighted by Crippen LogP contribution is -2.48. The van der Waals surface area contributed by atoms with Gasteiger partial charge in [-0.25, -0.2) is 8.78 Å². The quantitative estimate of drug-likeness (QED) is 0.749. The second-order valence-corrected chi connectivity index (χ2v) is 6.94. The number of fused-ring (bicyclic) bond motifs is 1. The summed E-state index contributed by atoms with van der Waals surface area (Å²) in [5, 5.41) is 4.04. The van der Waals surface area contributed by atoms with Crippen LogP contribution in [0.1, 0.15) is 34.6 Å². The fourth-order valence-corrected chi connectivity index (χ4v) is 3.72. The van der Waals surface area contributed by atoms with Gasteiger partial charge in [-0.2, -0.15) is 0 Å². The topological polar surface area (TPSA) is 45.2 Å². The number of aromatic nitrogens is 1. The first-order valence-electron chi connectivity index (χ1n) is 9.43. The van der Waals surface area contributed by atoms with Crippen LogP contribution in [0.25, 0.3) is 10.9 Å². The molecular formula is C22H21F2N3O. The van der Waals surface area contributed by atoms with Gasteiger partial charge in [0.15, 0.2) is 0 Å². The van der Waals surface area contributed by atoms with Gasteiger partial charge in [0.25, 0.3) is 5.91 Å². The standard InChI is InChI=1S/C22H21F2N3O/c1-2-19-18(11-15-5-8-17(24)12-20(15)26-19)22(28)27-10-9-25-13-21(27)14-3-6-16(23)7-4-14/h3-8,11-12,21,25H,2,9-10,13H2,1H3. The number of hydrogen-bond donors (Lipinski definition) is 1. The summed E-state index contributed by atoms with van der Waals surface area (Å²) in [5.74, 6) is -0.754. The van der Waals surface area contributed by atoms with E-state index in [4.69, 9.17) is 0 Å². The summed E-state index contributed by atoms with van der Waals surface area (Å²) in [4.78, 5) is 19.8. The van der Waals surface area contributed by atoms with Crippen LogP contribution in [0.5, 0.6) is 0 Å². The number of hydrogen-bond acceptors (Lipinski definition) is 3. The minimum Gasteiger partial charge on any atom is -0.329 e. The van der Waals surface area contributed by atoms with E-state index in [9.17, 15) is 13.6 Å². The number of pyridine rings is 1. The molecule has 1 N–H and O–H groups in total. The normalized spacial score (nSPS) is 17.1. The van der Waals surface area contributed by atoms with E-state index in [0.29, 0.717) is 42.8 Å². The van der Waals surface area contributed by atoms with Crippen LogP contribution in [0, 0.1) is 11.6 Å². The number of carbonyl (C=O) groups is 1. The van der Waals surface area contributed by atoms with Gasteiger partial charge in [-0.05, 0) is 42.3 Å². The molecule has 144 valence electrons. The van der Waals surface area contributed by atoms with E-state index in [1.807, 2.05) is 11.8 Å². The molecule has 1 fully saturated rings. The number of carbonyl (C=O) groups excluding carboxylic acids is 1. The minimum absolute atomic E-state index is 0.105. The molecule has 2 heterocycles.